The van der Waals surface area contributed by atoms with E-state index in [1.165, 1.54) is 7.11 Å². The van der Waals surface area contributed by atoms with Crippen molar-refractivity contribution in [1.82, 2.24) is 9.78 Å². The molecule has 1 saturated carbocycles. The molecule has 6 nitrogen and oxygen atoms in total. The number of Topliss-reactive ketones (excluding diaryl/α,β-unsaturated/α-hetero) is 1. The Balaban J connectivity index is 2.02. The van der Waals surface area contributed by atoms with E-state index in [0.29, 0.717) is 29.9 Å². The third-order valence-electron chi connectivity index (χ3n) is 4.34. The summed E-state index contributed by atoms with van der Waals surface area (Å²) in [6.07, 6.45) is 3.79. The van der Waals surface area contributed by atoms with Crippen LogP contribution in [-0.4, -0.2) is 33.7 Å². The van der Waals surface area contributed by atoms with Crippen LogP contribution >= 0.6 is 0 Å². The molecular formula is C16H18N2O4. The number of fused-ring (bicyclic) bond motifs is 1. The minimum Gasteiger partial charge on any atom is -0.496 e. The molecule has 6 heteroatoms. The smallest absolute Gasteiger partial charge is 0.339 e. The molecule has 0 spiro atoms. The highest BCUT2D eigenvalue weighted by Crippen LogP contribution is 2.33. The number of rotatable bonds is 3. The van der Waals surface area contributed by atoms with Gasteiger partial charge in [-0.2, -0.15) is 5.10 Å². The number of hydrogen-bond donors (Lipinski definition) is 1. The Bertz CT molecular complexity index is 750. The van der Waals surface area contributed by atoms with E-state index < -0.39 is 5.97 Å². The molecule has 0 amide bonds. The fourth-order valence-corrected chi connectivity index (χ4v) is 3.16. The predicted octanol–water partition coefficient (Wildman–Crippen LogP) is 2.67. The molecule has 22 heavy (non-hydrogen) atoms. The summed E-state index contributed by atoms with van der Waals surface area (Å²) in [6.45, 7) is 2.05. The summed E-state index contributed by atoms with van der Waals surface area (Å²) in [7, 11) is 1.44. The number of benzene rings is 1. The first-order valence-corrected chi connectivity index (χ1v) is 7.31. The number of ether oxygens (including phenoxy) is 1. The molecule has 2 aromatic rings. The van der Waals surface area contributed by atoms with Crippen LogP contribution in [-0.2, 0) is 4.79 Å². The van der Waals surface area contributed by atoms with Gasteiger partial charge in [-0.3, -0.25) is 9.48 Å². The summed E-state index contributed by atoms with van der Waals surface area (Å²) in [6, 6.07) is 3.40. The van der Waals surface area contributed by atoms with Crippen molar-refractivity contribution >= 4 is 22.7 Å². The Labute approximate surface area is 127 Å². The lowest BCUT2D eigenvalue weighted by molar-refractivity contribution is -0.122. The number of aromatic carboxylic acids is 1. The van der Waals surface area contributed by atoms with Crippen LogP contribution in [0, 0.1) is 5.92 Å². The third kappa shape index (κ3) is 2.45. The van der Waals surface area contributed by atoms with E-state index in [1.54, 1.807) is 12.1 Å². The SMILES string of the molecule is COc1cc2nn([C@@H]3CCC(=O)C[C@H]3C)cc2cc1C(=O)O. The normalized spacial score (nSPS) is 22.0. The highest BCUT2D eigenvalue weighted by Gasteiger charge is 2.28. The molecule has 0 radical (unpaired) electrons. The molecule has 0 unspecified atom stereocenters. The summed E-state index contributed by atoms with van der Waals surface area (Å²) in [5.41, 5.74) is 0.826. The first kappa shape index (κ1) is 14.6. The zero-order chi connectivity index (χ0) is 15.9. The summed E-state index contributed by atoms with van der Waals surface area (Å²) in [5.74, 6) is -0.188. The van der Waals surface area contributed by atoms with E-state index in [-0.39, 0.29) is 17.5 Å². The molecule has 1 aromatic carbocycles. The zero-order valence-corrected chi connectivity index (χ0v) is 12.6. The van der Waals surface area contributed by atoms with E-state index in [1.807, 2.05) is 10.9 Å². The lowest BCUT2D eigenvalue weighted by Crippen LogP contribution is -2.26. The van der Waals surface area contributed by atoms with Gasteiger partial charge in [0.1, 0.15) is 17.1 Å². The summed E-state index contributed by atoms with van der Waals surface area (Å²) in [5, 5.41) is 14.6. The van der Waals surface area contributed by atoms with Crippen LogP contribution in [0.15, 0.2) is 18.3 Å². The van der Waals surface area contributed by atoms with Crippen LogP contribution in [0.1, 0.15) is 42.6 Å². The van der Waals surface area contributed by atoms with Gasteiger partial charge < -0.3 is 9.84 Å². The molecule has 0 bridgehead atoms. The molecule has 1 N–H and O–H groups in total. The maximum absolute atomic E-state index is 11.5. The van der Waals surface area contributed by atoms with Crippen molar-refractivity contribution in [2.75, 3.05) is 7.11 Å². The number of ketones is 1. The largest absolute Gasteiger partial charge is 0.496 e. The van der Waals surface area contributed by atoms with Gasteiger partial charge in [0.2, 0.25) is 0 Å². The van der Waals surface area contributed by atoms with Gasteiger partial charge in [0.25, 0.3) is 0 Å². The average molecular weight is 302 g/mol. The van der Waals surface area contributed by atoms with Crippen LogP contribution in [0.2, 0.25) is 0 Å². The van der Waals surface area contributed by atoms with Crippen molar-refractivity contribution in [2.24, 2.45) is 5.92 Å². The van der Waals surface area contributed by atoms with Crippen molar-refractivity contribution in [3.63, 3.8) is 0 Å². The monoisotopic (exact) mass is 302 g/mol. The van der Waals surface area contributed by atoms with Gasteiger partial charge >= 0.3 is 5.97 Å². The van der Waals surface area contributed by atoms with Gasteiger partial charge in [-0.25, -0.2) is 4.79 Å². The standard InChI is InChI=1S/C16H18N2O4/c1-9-5-11(19)3-4-14(9)18-8-10-6-12(16(20)21)15(22-2)7-13(10)17-18/h6-9,14H,3-5H2,1-2H3,(H,20,21)/t9-,14-/m1/s1. The molecule has 1 fully saturated rings. The lowest BCUT2D eigenvalue weighted by atomic mass is 9.85. The Kier molecular flexibility index (Phi) is 3.60. The summed E-state index contributed by atoms with van der Waals surface area (Å²) < 4.78 is 7.00. The zero-order valence-electron chi connectivity index (χ0n) is 12.6. The molecule has 116 valence electrons. The second-order valence-corrected chi connectivity index (χ2v) is 5.85. The highest BCUT2D eigenvalue weighted by atomic mass is 16.5. The minimum absolute atomic E-state index is 0.126. The molecule has 0 aliphatic heterocycles. The molecule has 1 aromatic heterocycles. The molecule has 1 aliphatic carbocycles. The number of carbonyl (C=O) groups excluding carboxylic acids is 1. The number of methoxy groups -OCH3 is 1. The maximum atomic E-state index is 11.5. The van der Waals surface area contributed by atoms with Gasteiger partial charge in [0.05, 0.1) is 18.7 Å². The van der Waals surface area contributed by atoms with Crippen LogP contribution in [0.4, 0.5) is 0 Å². The topological polar surface area (TPSA) is 81.4 Å². The van der Waals surface area contributed by atoms with Crippen LogP contribution < -0.4 is 4.74 Å². The van der Waals surface area contributed by atoms with Gasteiger partial charge in [-0.1, -0.05) is 6.92 Å². The van der Waals surface area contributed by atoms with Gasteiger partial charge in [-0.15, -0.1) is 0 Å². The Hall–Kier alpha value is -2.37. The van der Waals surface area contributed by atoms with Crippen LogP contribution in [0.25, 0.3) is 10.9 Å². The second kappa shape index (κ2) is 5.44. The average Bonchev–Trinajstić information content (AvgIpc) is 2.88. The van der Waals surface area contributed by atoms with Gasteiger partial charge in [0.15, 0.2) is 0 Å². The Morgan fingerprint density at radius 3 is 2.86 bits per heavy atom. The molecule has 0 saturated heterocycles. The van der Waals surface area contributed by atoms with Crippen molar-refractivity contribution in [2.45, 2.75) is 32.2 Å². The first-order chi connectivity index (χ1) is 10.5. The first-order valence-electron chi connectivity index (χ1n) is 7.31. The van der Waals surface area contributed by atoms with Gasteiger partial charge in [-0.05, 0) is 18.4 Å². The predicted molar refractivity (Wildman–Crippen MR) is 80.3 cm³/mol. The van der Waals surface area contributed by atoms with Crippen molar-refractivity contribution in [3.05, 3.63) is 23.9 Å². The van der Waals surface area contributed by atoms with E-state index >= 15 is 0 Å². The quantitative estimate of drug-likeness (QED) is 0.942. The lowest BCUT2D eigenvalue weighted by Gasteiger charge is -2.28. The summed E-state index contributed by atoms with van der Waals surface area (Å²) >= 11 is 0. The highest BCUT2D eigenvalue weighted by molar-refractivity contribution is 5.96. The molecule has 1 heterocycles. The second-order valence-electron chi connectivity index (χ2n) is 5.85. The number of carboxylic acids is 1. The van der Waals surface area contributed by atoms with Crippen LogP contribution in [0.3, 0.4) is 0 Å². The fraction of sp³-hybridized carbons (Fsp3) is 0.438. The molecular weight excluding hydrogens is 284 g/mol. The Morgan fingerprint density at radius 2 is 2.23 bits per heavy atom. The van der Waals surface area contributed by atoms with E-state index in [9.17, 15) is 14.7 Å². The van der Waals surface area contributed by atoms with Crippen molar-refractivity contribution in [1.29, 1.82) is 0 Å². The van der Waals surface area contributed by atoms with E-state index in [0.717, 1.165) is 11.8 Å². The summed E-state index contributed by atoms with van der Waals surface area (Å²) in [4.78, 5) is 22.8. The maximum Gasteiger partial charge on any atom is 0.339 e. The Morgan fingerprint density at radius 1 is 1.45 bits per heavy atom. The third-order valence-corrected chi connectivity index (χ3v) is 4.34. The fourth-order valence-electron chi connectivity index (χ4n) is 3.16. The number of aromatic nitrogens is 2. The van der Waals surface area contributed by atoms with Crippen LogP contribution in [0.5, 0.6) is 5.75 Å². The van der Waals surface area contributed by atoms with E-state index in [4.69, 9.17) is 4.74 Å². The number of carboxylic acid groups (broad SMARTS) is 1. The van der Waals surface area contributed by atoms with Gasteiger partial charge in [0, 0.05) is 30.5 Å². The number of carbonyl (C=O) groups is 2. The van der Waals surface area contributed by atoms with Crippen molar-refractivity contribution in [3.8, 4) is 5.75 Å². The minimum atomic E-state index is -1.02. The molecule has 2 atom stereocenters. The van der Waals surface area contributed by atoms with E-state index in [2.05, 4.69) is 12.0 Å². The van der Waals surface area contributed by atoms with Crippen molar-refractivity contribution < 1.29 is 19.4 Å². The molecule has 3 rings (SSSR count). The number of hydrogen-bond acceptors (Lipinski definition) is 4. The number of nitrogens with zero attached hydrogens (tertiary/aromatic N) is 2. The molecule has 1 aliphatic rings.